The van der Waals surface area contributed by atoms with Crippen molar-refractivity contribution in [1.82, 2.24) is 4.90 Å². The van der Waals surface area contributed by atoms with Crippen LogP contribution >= 0.6 is 0 Å². The van der Waals surface area contributed by atoms with Crippen molar-refractivity contribution in [3.8, 4) is 0 Å². The van der Waals surface area contributed by atoms with E-state index in [9.17, 15) is 0 Å². The molecule has 0 heterocycles. The first kappa shape index (κ1) is 12.9. The molecule has 1 atom stereocenters. The molecule has 2 aliphatic rings. The van der Waals surface area contributed by atoms with Gasteiger partial charge in [0.15, 0.2) is 0 Å². The van der Waals surface area contributed by atoms with Crippen LogP contribution in [0.3, 0.4) is 0 Å². The molecule has 0 spiro atoms. The Balaban J connectivity index is 1.85. The highest BCUT2D eigenvalue weighted by molar-refractivity contribution is 5.08. The number of rotatable bonds is 4. The van der Waals surface area contributed by atoms with E-state index >= 15 is 0 Å². The summed E-state index contributed by atoms with van der Waals surface area (Å²) in [6.07, 6.45) is 9.30. The van der Waals surface area contributed by atoms with Crippen molar-refractivity contribution in [2.45, 2.75) is 64.0 Å². The largest absolute Gasteiger partial charge is 0.374 e. The lowest BCUT2D eigenvalue weighted by Gasteiger charge is -2.41. The Morgan fingerprint density at radius 2 is 1.76 bits per heavy atom. The van der Waals surface area contributed by atoms with Crippen molar-refractivity contribution in [3.05, 3.63) is 12.3 Å². The molecule has 0 radical (unpaired) electrons. The minimum absolute atomic E-state index is 0.188. The maximum atomic E-state index is 6.41. The molecule has 0 saturated heterocycles. The molecule has 2 aliphatic carbocycles. The number of hydrogen-bond acceptors (Lipinski definition) is 2. The summed E-state index contributed by atoms with van der Waals surface area (Å²) in [5.74, 6) is 1.57. The van der Waals surface area contributed by atoms with E-state index in [4.69, 9.17) is 5.73 Å². The highest BCUT2D eigenvalue weighted by atomic mass is 15.2. The average Bonchev–Trinajstić information content (AvgIpc) is 2.25. The maximum Gasteiger partial charge on any atom is 0.0469 e. The summed E-state index contributed by atoms with van der Waals surface area (Å²) < 4.78 is 0. The zero-order valence-corrected chi connectivity index (χ0v) is 11.5. The number of hydrogen-bond donors (Lipinski definition) is 1. The van der Waals surface area contributed by atoms with Gasteiger partial charge in [0.05, 0.1) is 0 Å². The molecule has 0 aromatic rings. The summed E-state index contributed by atoms with van der Waals surface area (Å²) in [6.45, 7) is 6.61. The number of nitrogens with two attached hydrogens (primary N) is 1. The smallest absolute Gasteiger partial charge is 0.0469 e. The van der Waals surface area contributed by atoms with Crippen LogP contribution in [0.4, 0.5) is 0 Å². The molecule has 2 nitrogen and oxygen atoms in total. The summed E-state index contributed by atoms with van der Waals surface area (Å²) in [6, 6.07) is 0.907. The fraction of sp³-hybridized carbons (Fsp3) is 0.867. The standard InChI is InChI=1S/C15H28N2/c1-11-7-9-13(10-8-11)15(16)12(2)17(3)14-5-4-6-14/h11,13-15H,2,4-10,16H2,1,3H3. The van der Waals surface area contributed by atoms with Crippen LogP contribution in [-0.2, 0) is 0 Å². The van der Waals surface area contributed by atoms with Gasteiger partial charge >= 0.3 is 0 Å². The zero-order chi connectivity index (χ0) is 12.4. The summed E-state index contributed by atoms with van der Waals surface area (Å²) in [5, 5.41) is 0. The van der Waals surface area contributed by atoms with Gasteiger partial charge in [0.1, 0.15) is 0 Å². The van der Waals surface area contributed by atoms with E-state index in [0.717, 1.165) is 12.0 Å². The van der Waals surface area contributed by atoms with Gasteiger partial charge in [-0.05, 0) is 43.9 Å². The van der Waals surface area contributed by atoms with Crippen molar-refractivity contribution in [2.24, 2.45) is 17.6 Å². The van der Waals surface area contributed by atoms with Crippen LogP contribution in [-0.4, -0.2) is 24.0 Å². The average molecular weight is 236 g/mol. The van der Waals surface area contributed by atoms with Crippen molar-refractivity contribution in [2.75, 3.05) is 7.05 Å². The normalized spacial score (nSPS) is 31.7. The van der Waals surface area contributed by atoms with E-state index in [1.54, 1.807) is 0 Å². The van der Waals surface area contributed by atoms with Crippen molar-refractivity contribution in [1.29, 1.82) is 0 Å². The predicted molar refractivity (Wildman–Crippen MR) is 73.6 cm³/mol. The van der Waals surface area contributed by atoms with Crippen LogP contribution in [0.25, 0.3) is 0 Å². The summed E-state index contributed by atoms with van der Waals surface area (Å²) in [7, 11) is 2.18. The molecular formula is C15H28N2. The molecule has 98 valence electrons. The van der Waals surface area contributed by atoms with Gasteiger partial charge < -0.3 is 10.6 Å². The van der Waals surface area contributed by atoms with Gasteiger partial charge in [-0.1, -0.05) is 26.3 Å². The Kier molecular flexibility index (Phi) is 4.13. The van der Waals surface area contributed by atoms with Gasteiger partial charge in [-0.25, -0.2) is 0 Å². The SMILES string of the molecule is C=C(C(N)C1CCC(C)CC1)N(C)C1CCC1. The molecule has 0 aromatic heterocycles. The fourth-order valence-corrected chi connectivity index (χ4v) is 3.16. The third-order valence-corrected chi connectivity index (χ3v) is 5.03. The molecule has 2 heteroatoms. The molecule has 2 rings (SSSR count). The minimum atomic E-state index is 0.188. The van der Waals surface area contributed by atoms with Gasteiger partial charge in [-0.2, -0.15) is 0 Å². The van der Waals surface area contributed by atoms with E-state index in [-0.39, 0.29) is 6.04 Å². The Morgan fingerprint density at radius 3 is 2.24 bits per heavy atom. The molecule has 2 fully saturated rings. The van der Waals surface area contributed by atoms with E-state index in [2.05, 4.69) is 25.5 Å². The predicted octanol–water partition coefficient (Wildman–Crippen LogP) is 3.14. The molecule has 0 amide bonds. The topological polar surface area (TPSA) is 29.3 Å². The van der Waals surface area contributed by atoms with E-state index < -0.39 is 0 Å². The molecule has 17 heavy (non-hydrogen) atoms. The number of likely N-dealkylation sites (N-methyl/N-ethyl adjacent to an activating group) is 1. The highest BCUT2D eigenvalue weighted by Crippen LogP contribution is 2.34. The van der Waals surface area contributed by atoms with Crippen LogP contribution in [0, 0.1) is 11.8 Å². The second kappa shape index (κ2) is 5.43. The molecule has 0 aromatic carbocycles. The zero-order valence-electron chi connectivity index (χ0n) is 11.5. The Bertz CT molecular complexity index is 262. The van der Waals surface area contributed by atoms with Crippen molar-refractivity contribution in [3.63, 3.8) is 0 Å². The van der Waals surface area contributed by atoms with Crippen molar-refractivity contribution < 1.29 is 0 Å². The lowest BCUT2D eigenvalue weighted by molar-refractivity contribution is 0.172. The van der Waals surface area contributed by atoms with Gasteiger partial charge in [-0.15, -0.1) is 0 Å². The second-order valence-corrected chi connectivity index (χ2v) is 6.23. The minimum Gasteiger partial charge on any atom is -0.374 e. The monoisotopic (exact) mass is 236 g/mol. The van der Waals surface area contributed by atoms with Gasteiger partial charge in [0.25, 0.3) is 0 Å². The third-order valence-electron chi connectivity index (χ3n) is 5.03. The van der Waals surface area contributed by atoms with E-state index in [1.165, 1.54) is 50.6 Å². The van der Waals surface area contributed by atoms with E-state index in [1.807, 2.05) is 0 Å². The van der Waals surface area contributed by atoms with Crippen LogP contribution in [0.5, 0.6) is 0 Å². The Hall–Kier alpha value is -0.500. The van der Waals surface area contributed by atoms with E-state index in [0.29, 0.717) is 5.92 Å². The van der Waals surface area contributed by atoms with Crippen LogP contribution in [0.1, 0.15) is 51.9 Å². The first-order valence-corrected chi connectivity index (χ1v) is 7.26. The highest BCUT2D eigenvalue weighted by Gasteiger charge is 2.30. The lowest BCUT2D eigenvalue weighted by atomic mass is 9.78. The molecular weight excluding hydrogens is 208 g/mol. The third kappa shape index (κ3) is 2.85. The molecule has 0 bridgehead atoms. The molecule has 2 saturated carbocycles. The van der Waals surface area contributed by atoms with Crippen LogP contribution in [0.2, 0.25) is 0 Å². The number of nitrogens with zero attached hydrogens (tertiary/aromatic N) is 1. The lowest BCUT2D eigenvalue weighted by Crippen LogP contribution is -2.45. The molecule has 2 N–H and O–H groups in total. The summed E-state index contributed by atoms with van der Waals surface area (Å²) in [5.41, 5.74) is 7.59. The van der Waals surface area contributed by atoms with Gasteiger partial charge in [-0.3, -0.25) is 0 Å². The van der Waals surface area contributed by atoms with Crippen LogP contribution < -0.4 is 5.73 Å². The van der Waals surface area contributed by atoms with Crippen molar-refractivity contribution >= 4 is 0 Å². The molecule has 1 unspecified atom stereocenters. The molecule has 0 aliphatic heterocycles. The quantitative estimate of drug-likeness (QED) is 0.812. The van der Waals surface area contributed by atoms with Gasteiger partial charge in [0, 0.05) is 24.8 Å². The Labute approximate surface area is 106 Å². The maximum absolute atomic E-state index is 6.41. The second-order valence-electron chi connectivity index (χ2n) is 6.23. The summed E-state index contributed by atoms with van der Waals surface area (Å²) >= 11 is 0. The summed E-state index contributed by atoms with van der Waals surface area (Å²) in [4.78, 5) is 2.35. The fourth-order valence-electron chi connectivity index (χ4n) is 3.16. The first-order valence-electron chi connectivity index (χ1n) is 7.26. The van der Waals surface area contributed by atoms with Gasteiger partial charge in [0.2, 0.25) is 0 Å². The Morgan fingerprint density at radius 1 is 1.18 bits per heavy atom. The van der Waals surface area contributed by atoms with Crippen LogP contribution in [0.15, 0.2) is 12.3 Å². The first-order chi connectivity index (χ1) is 8.09.